The maximum atomic E-state index is 12.2. The first-order valence-electron chi connectivity index (χ1n) is 12.6. The molecule has 0 aromatic rings. The van der Waals surface area contributed by atoms with Crippen LogP contribution >= 0.6 is 7.82 Å². The topological polar surface area (TPSA) is 92.7 Å². The number of rotatable bonds is 15. The van der Waals surface area contributed by atoms with Crippen LogP contribution in [0.3, 0.4) is 0 Å². The highest BCUT2D eigenvalue weighted by Gasteiger charge is 2.23. The van der Waals surface area contributed by atoms with Gasteiger partial charge in [0.05, 0.1) is 52.9 Å². The van der Waals surface area contributed by atoms with Crippen LogP contribution in [0.15, 0.2) is 0 Å². The molecule has 0 radical (unpaired) electrons. The van der Waals surface area contributed by atoms with Gasteiger partial charge in [0.1, 0.15) is 0 Å². The summed E-state index contributed by atoms with van der Waals surface area (Å²) in [5.74, 6) is -0.167. The predicted molar refractivity (Wildman–Crippen MR) is 125 cm³/mol. The van der Waals surface area contributed by atoms with Gasteiger partial charge < -0.3 is 23.8 Å². The van der Waals surface area contributed by atoms with Gasteiger partial charge in [-0.05, 0) is 12.8 Å². The van der Waals surface area contributed by atoms with Crippen LogP contribution in [0.1, 0.15) is 77.6 Å². The summed E-state index contributed by atoms with van der Waals surface area (Å²) in [6.07, 6.45) is 12.9. The third-order valence-corrected chi connectivity index (χ3v) is 6.24. The molecule has 0 spiro atoms. The van der Waals surface area contributed by atoms with Crippen LogP contribution in [0.25, 0.3) is 0 Å². The van der Waals surface area contributed by atoms with Crippen molar-refractivity contribution in [3.8, 4) is 0 Å². The average Bonchev–Trinajstić information content (AvgIpc) is 2.78. The maximum Gasteiger partial charge on any atom is 0.472 e. The van der Waals surface area contributed by atoms with Gasteiger partial charge in [-0.2, -0.15) is 0 Å². The average molecular weight is 483 g/mol. The van der Waals surface area contributed by atoms with Crippen LogP contribution in [0.5, 0.6) is 0 Å². The van der Waals surface area contributed by atoms with Gasteiger partial charge in [0.15, 0.2) is 0 Å². The molecule has 1 rings (SSSR count). The largest absolute Gasteiger partial charge is 0.472 e. The van der Waals surface area contributed by atoms with Crippen LogP contribution in [0.2, 0.25) is 0 Å². The van der Waals surface area contributed by atoms with Crippen LogP contribution in [-0.4, -0.2) is 71.0 Å². The molecule has 1 N–H and O–H groups in total. The van der Waals surface area contributed by atoms with Gasteiger partial charge in [-0.15, -0.1) is 0 Å². The van der Waals surface area contributed by atoms with Crippen molar-refractivity contribution >= 4 is 7.82 Å². The van der Waals surface area contributed by atoms with Crippen molar-refractivity contribution in [3.63, 3.8) is 0 Å². The molecule has 0 saturated carbocycles. The number of phosphoric acid groups is 1. The van der Waals surface area contributed by atoms with Crippen LogP contribution in [0.4, 0.5) is 0 Å². The second-order valence-corrected chi connectivity index (χ2v) is 9.83. The van der Waals surface area contributed by atoms with E-state index in [0.29, 0.717) is 52.9 Å². The molecule has 0 amide bonds. The lowest BCUT2D eigenvalue weighted by Gasteiger charge is -2.20. The van der Waals surface area contributed by atoms with Gasteiger partial charge in [-0.3, -0.25) is 9.05 Å². The van der Waals surface area contributed by atoms with E-state index in [1.807, 2.05) is 0 Å². The highest BCUT2D eigenvalue weighted by atomic mass is 31.2. The Morgan fingerprint density at radius 3 is 1.78 bits per heavy atom. The molecule has 1 unspecified atom stereocenters. The summed E-state index contributed by atoms with van der Waals surface area (Å²) in [6, 6.07) is 0. The Bertz CT molecular complexity index is 438. The second-order valence-electron chi connectivity index (χ2n) is 8.37. The molecule has 0 bridgehead atoms. The van der Waals surface area contributed by atoms with E-state index >= 15 is 0 Å². The lowest BCUT2D eigenvalue weighted by molar-refractivity contribution is -0.0284. The summed E-state index contributed by atoms with van der Waals surface area (Å²) in [7, 11) is -4.07. The number of hydrogen-bond donors (Lipinski definition) is 1. The fourth-order valence-corrected chi connectivity index (χ4v) is 4.19. The first kappa shape index (κ1) is 30.0. The van der Waals surface area contributed by atoms with E-state index in [9.17, 15) is 9.46 Å². The minimum atomic E-state index is -4.07. The van der Waals surface area contributed by atoms with Crippen LogP contribution in [0, 0.1) is 5.92 Å². The molecule has 1 aliphatic heterocycles. The Morgan fingerprint density at radius 1 is 0.719 bits per heavy atom. The summed E-state index contributed by atoms with van der Waals surface area (Å²) in [4.78, 5) is 9.96. The fraction of sp³-hybridized carbons (Fsp3) is 1.00. The Kier molecular flexibility index (Phi) is 20.1. The second kappa shape index (κ2) is 21.5. The van der Waals surface area contributed by atoms with E-state index in [0.717, 1.165) is 25.7 Å². The molecule has 192 valence electrons. The minimum Gasteiger partial charge on any atom is -0.379 e. The summed E-state index contributed by atoms with van der Waals surface area (Å²) in [6.45, 7) is 6.45. The van der Waals surface area contributed by atoms with Crippen molar-refractivity contribution in [2.45, 2.75) is 77.6 Å². The molecule has 1 fully saturated rings. The molecular formula is C23H47O8P. The van der Waals surface area contributed by atoms with Crippen molar-refractivity contribution in [1.82, 2.24) is 0 Å². The van der Waals surface area contributed by atoms with E-state index in [1.165, 1.54) is 44.9 Å². The van der Waals surface area contributed by atoms with Crippen molar-refractivity contribution < 1.29 is 37.5 Å². The van der Waals surface area contributed by atoms with E-state index in [2.05, 4.69) is 6.92 Å². The smallest absolute Gasteiger partial charge is 0.379 e. The highest BCUT2D eigenvalue weighted by molar-refractivity contribution is 7.47. The molecule has 0 aromatic heterocycles. The lowest BCUT2D eigenvalue weighted by Crippen LogP contribution is -2.24. The quantitative estimate of drug-likeness (QED) is 0.254. The van der Waals surface area contributed by atoms with Gasteiger partial charge >= 0.3 is 7.82 Å². The molecule has 1 heterocycles. The summed E-state index contributed by atoms with van der Waals surface area (Å²) < 4.78 is 44.6. The summed E-state index contributed by atoms with van der Waals surface area (Å²) in [5.41, 5.74) is 0. The third-order valence-electron chi connectivity index (χ3n) is 5.25. The first-order chi connectivity index (χ1) is 15.6. The van der Waals surface area contributed by atoms with Gasteiger partial charge in [-0.1, -0.05) is 64.7 Å². The first-order valence-corrected chi connectivity index (χ1v) is 14.1. The van der Waals surface area contributed by atoms with Gasteiger partial charge in [0.2, 0.25) is 0 Å². The van der Waals surface area contributed by atoms with Crippen molar-refractivity contribution in [3.05, 3.63) is 0 Å². The molecule has 0 aliphatic carbocycles. The minimum absolute atomic E-state index is 0.0352. The number of phosphoric ester groups is 1. The molecule has 1 aliphatic rings. The summed E-state index contributed by atoms with van der Waals surface area (Å²) >= 11 is 0. The van der Waals surface area contributed by atoms with E-state index < -0.39 is 7.82 Å². The Balaban J connectivity index is 2.11. The Labute approximate surface area is 195 Å². The normalized spacial score (nSPS) is 19.9. The van der Waals surface area contributed by atoms with Crippen molar-refractivity contribution in [1.29, 1.82) is 0 Å². The lowest BCUT2D eigenvalue weighted by atomic mass is 10.1. The number of ether oxygens (including phenoxy) is 4. The molecule has 1 saturated heterocycles. The third kappa shape index (κ3) is 19.4. The maximum absolute atomic E-state index is 12.2. The summed E-state index contributed by atoms with van der Waals surface area (Å²) in [5, 5.41) is 0. The Hall–Kier alpha value is -0.0500. The molecule has 0 aromatic carbocycles. The van der Waals surface area contributed by atoms with E-state index in [1.54, 1.807) is 0 Å². The fourth-order valence-electron chi connectivity index (χ4n) is 3.35. The van der Waals surface area contributed by atoms with Crippen LogP contribution < -0.4 is 0 Å². The molecule has 32 heavy (non-hydrogen) atoms. The zero-order valence-electron chi connectivity index (χ0n) is 20.2. The van der Waals surface area contributed by atoms with Gasteiger partial charge in [-0.25, -0.2) is 4.57 Å². The standard InChI is InChI=1S/C23H47O8P/c1-2-3-4-5-6-7-8-9-10-11-15-30-32(24,25)31-22-23-20-28-18-16-26-13-12-14-27-17-19-29-21-23/h23H,2-22H2,1H3,(H,24,25). The highest BCUT2D eigenvalue weighted by Crippen LogP contribution is 2.43. The van der Waals surface area contributed by atoms with E-state index in [-0.39, 0.29) is 19.1 Å². The van der Waals surface area contributed by atoms with Gasteiger partial charge in [0, 0.05) is 19.1 Å². The monoisotopic (exact) mass is 482 g/mol. The number of hydrogen-bond acceptors (Lipinski definition) is 7. The van der Waals surface area contributed by atoms with Crippen molar-refractivity contribution in [2.75, 3.05) is 66.1 Å². The molecular weight excluding hydrogens is 435 g/mol. The predicted octanol–water partition coefficient (Wildman–Crippen LogP) is 5.13. The number of unbranched alkanes of at least 4 members (excludes halogenated alkanes) is 9. The molecule has 1 atom stereocenters. The van der Waals surface area contributed by atoms with Crippen molar-refractivity contribution in [2.24, 2.45) is 5.92 Å². The van der Waals surface area contributed by atoms with E-state index in [4.69, 9.17) is 28.0 Å². The molecule has 9 heteroatoms. The van der Waals surface area contributed by atoms with Gasteiger partial charge in [0.25, 0.3) is 0 Å². The molecule has 8 nitrogen and oxygen atoms in total. The zero-order valence-corrected chi connectivity index (χ0v) is 21.1. The van der Waals surface area contributed by atoms with Crippen LogP contribution in [-0.2, 0) is 32.6 Å². The zero-order chi connectivity index (χ0) is 23.2. The Morgan fingerprint density at radius 2 is 1.22 bits per heavy atom. The SMILES string of the molecule is CCCCCCCCCCCCOP(=O)(O)OCC1COCCOCCCOCCOC1.